The molecule has 0 saturated carbocycles. The average Bonchev–Trinajstić information content (AvgIpc) is 2.95. The summed E-state index contributed by atoms with van der Waals surface area (Å²) in [5.74, 6) is 2.82. The van der Waals surface area contributed by atoms with E-state index in [4.69, 9.17) is 9.47 Å². The smallest absolute Gasteiger partial charge is 0.177 e. The molecule has 1 unspecified atom stereocenters. The molecule has 1 aliphatic heterocycles. The Bertz CT molecular complexity index is 1740. The zero-order valence-electron chi connectivity index (χ0n) is 19.2. The minimum atomic E-state index is -1.22. The maximum atomic E-state index is 13.0. The summed E-state index contributed by atoms with van der Waals surface area (Å²) in [7, 11) is 0. The Balaban J connectivity index is 1.32. The number of hydrogen-bond donors (Lipinski definition) is 0. The summed E-state index contributed by atoms with van der Waals surface area (Å²) >= 11 is -1.22. The summed E-state index contributed by atoms with van der Waals surface area (Å²) < 4.78 is 25.8. The second-order valence-electron chi connectivity index (χ2n) is 8.75. The summed E-state index contributed by atoms with van der Waals surface area (Å²) in [4.78, 5) is 1.56. The van der Waals surface area contributed by atoms with E-state index >= 15 is 0 Å². The molecule has 1 heterocycles. The maximum Gasteiger partial charge on any atom is 0.177 e. The van der Waals surface area contributed by atoms with Gasteiger partial charge in [0, 0.05) is 16.6 Å². The molecule has 1 atom stereocenters. The van der Waals surface area contributed by atoms with Gasteiger partial charge >= 0.3 is 0 Å². The molecular formula is C32H20O3S. The highest BCUT2D eigenvalue weighted by atomic mass is 32.2. The highest BCUT2D eigenvalue weighted by Crippen LogP contribution is 2.51. The summed E-state index contributed by atoms with van der Waals surface area (Å²) in [6.45, 7) is 0. The minimum Gasteiger partial charge on any atom is -0.606 e. The van der Waals surface area contributed by atoms with Crippen LogP contribution in [0.25, 0.3) is 32.7 Å². The van der Waals surface area contributed by atoms with E-state index in [0.717, 1.165) is 48.2 Å². The maximum absolute atomic E-state index is 13.0. The third-order valence-electron chi connectivity index (χ3n) is 6.54. The van der Waals surface area contributed by atoms with Crippen LogP contribution in [0.5, 0.6) is 23.0 Å². The van der Waals surface area contributed by atoms with E-state index in [-0.39, 0.29) is 0 Å². The molecule has 0 aromatic heterocycles. The summed E-state index contributed by atoms with van der Waals surface area (Å²) in [5, 5.41) is 4.27. The van der Waals surface area contributed by atoms with Crippen molar-refractivity contribution >= 4 is 32.7 Å². The third kappa shape index (κ3) is 3.51. The van der Waals surface area contributed by atoms with E-state index in [1.54, 1.807) is 0 Å². The lowest BCUT2D eigenvalue weighted by Crippen LogP contribution is -2.02. The Morgan fingerprint density at radius 2 is 1.08 bits per heavy atom. The lowest BCUT2D eigenvalue weighted by atomic mass is 9.96. The first-order valence-electron chi connectivity index (χ1n) is 11.8. The highest BCUT2D eigenvalue weighted by Gasteiger charge is 2.24. The summed E-state index contributed by atoms with van der Waals surface area (Å²) in [5.41, 5.74) is 2.06. The topological polar surface area (TPSA) is 41.5 Å². The molecule has 0 saturated heterocycles. The molecule has 36 heavy (non-hydrogen) atoms. The van der Waals surface area contributed by atoms with Crippen LogP contribution >= 0.6 is 0 Å². The Labute approximate surface area is 211 Å². The van der Waals surface area contributed by atoms with Gasteiger partial charge in [-0.2, -0.15) is 0 Å². The second kappa shape index (κ2) is 8.45. The van der Waals surface area contributed by atoms with Crippen LogP contribution in [0.3, 0.4) is 0 Å². The van der Waals surface area contributed by atoms with Crippen LogP contribution in [0, 0.1) is 0 Å². The van der Waals surface area contributed by atoms with Crippen LogP contribution < -0.4 is 9.47 Å². The molecule has 3 nitrogen and oxygen atoms in total. The van der Waals surface area contributed by atoms with Crippen molar-refractivity contribution in [1.82, 2.24) is 0 Å². The van der Waals surface area contributed by atoms with Gasteiger partial charge in [-0.15, -0.1) is 0 Å². The number of fused-ring (bicyclic) bond motifs is 5. The SMILES string of the molecule is [O-][S+](c1ccccc1)c1ccc(-c2cc3c(c4ccccc24)Oc2cc4ccccc4cc2O3)cc1. The monoisotopic (exact) mass is 484 g/mol. The quantitative estimate of drug-likeness (QED) is 0.236. The fourth-order valence-corrected chi connectivity index (χ4v) is 5.83. The van der Waals surface area contributed by atoms with Crippen molar-refractivity contribution in [3.63, 3.8) is 0 Å². The first-order valence-corrected chi connectivity index (χ1v) is 12.9. The molecule has 0 amide bonds. The molecule has 0 N–H and O–H groups in total. The highest BCUT2D eigenvalue weighted by molar-refractivity contribution is 7.91. The van der Waals surface area contributed by atoms with E-state index in [1.807, 2.05) is 97.1 Å². The van der Waals surface area contributed by atoms with Crippen LogP contribution in [0.4, 0.5) is 0 Å². The lowest BCUT2D eigenvalue weighted by Gasteiger charge is -2.24. The fraction of sp³-hybridized carbons (Fsp3) is 0. The van der Waals surface area contributed by atoms with Crippen LogP contribution in [0.2, 0.25) is 0 Å². The van der Waals surface area contributed by atoms with Gasteiger partial charge in [0.1, 0.15) is 0 Å². The van der Waals surface area contributed by atoms with Gasteiger partial charge in [-0.1, -0.05) is 66.7 Å². The molecule has 6 aromatic carbocycles. The molecule has 1 aliphatic rings. The van der Waals surface area contributed by atoms with E-state index < -0.39 is 11.2 Å². The predicted molar refractivity (Wildman–Crippen MR) is 145 cm³/mol. The van der Waals surface area contributed by atoms with Crippen molar-refractivity contribution in [2.24, 2.45) is 0 Å². The van der Waals surface area contributed by atoms with E-state index in [0.29, 0.717) is 17.2 Å². The minimum absolute atomic E-state index is 0.684. The summed E-state index contributed by atoms with van der Waals surface area (Å²) in [6, 6.07) is 39.9. The number of hydrogen-bond acceptors (Lipinski definition) is 3. The molecule has 6 aromatic rings. The van der Waals surface area contributed by atoms with Gasteiger partial charge in [0.15, 0.2) is 32.8 Å². The van der Waals surface area contributed by atoms with Gasteiger partial charge in [0.2, 0.25) is 0 Å². The Hall–Kier alpha value is -4.25. The first kappa shape index (κ1) is 21.1. The number of ether oxygens (including phenoxy) is 2. The largest absolute Gasteiger partial charge is 0.606 e. The molecule has 0 fully saturated rings. The van der Waals surface area contributed by atoms with Crippen molar-refractivity contribution in [1.29, 1.82) is 0 Å². The zero-order chi connectivity index (χ0) is 24.1. The molecule has 4 heteroatoms. The van der Waals surface area contributed by atoms with Gasteiger partial charge in [-0.05, 0) is 81.9 Å². The van der Waals surface area contributed by atoms with Crippen LogP contribution in [0.1, 0.15) is 0 Å². The normalized spacial score (nSPS) is 12.9. The van der Waals surface area contributed by atoms with Gasteiger partial charge in [0.05, 0.1) is 0 Å². The lowest BCUT2D eigenvalue weighted by molar-refractivity contribution is 0.364. The Kier molecular flexibility index (Phi) is 4.95. The Morgan fingerprint density at radius 3 is 1.81 bits per heavy atom. The predicted octanol–water partition coefficient (Wildman–Crippen LogP) is 8.72. The van der Waals surface area contributed by atoms with E-state index in [1.165, 1.54) is 0 Å². The number of benzene rings is 6. The third-order valence-corrected chi connectivity index (χ3v) is 7.94. The first-order chi connectivity index (χ1) is 17.7. The molecule has 0 spiro atoms. The molecule has 0 bridgehead atoms. The van der Waals surface area contributed by atoms with Crippen molar-refractivity contribution in [2.45, 2.75) is 9.79 Å². The summed E-state index contributed by atoms with van der Waals surface area (Å²) in [6.07, 6.45) is 0. The molecular weight excluding hydrogens is 464 g/mol. The average molecular weight is 485 g/mol. The fourth-order valence-electron chi connectivity index (χ4n) is 4.77. The van der Waals surface area contributed by atoms with Crippen molar-refractivity contribution < 1.29 is 14.0 Å². The molecule has 0 radical (unpaired) electrons. The van der Waals surface area contributed by atoms with Crippen LogP contribution in [-0.4, -0.2) is 4.55 Å². The van der Waals surface area contributed by atoms with Crippen molar-refractivity contribution in [3.05, 3.63) is 121 Å². The van der Waals surface area contributed by atoms with Crippen LogP contribution in [0.15, 0.2) is 131 Å². The van der Waals surface area contributed by atoms with Crippen molar-refractivity contribution in [2.75, 3.05) is 0 Å². The van der Waals surface area contributed by atoms with Gasteiger partial charge in [-0.25, -0.2) is 0 Å². The van der Waals surface area contributed by atoms with Crippen LogP contribution in [-0.2, 0) is 11.2 Å². The zero-order valence-corrected chi connectivity index (χ0v) is 20.0. The molecule has 7 rings (SSSR count). The standard InChI is InChI=1S/C32H20O3S/c33-36(24-10-2-1-3-11-24)25-16-14-21(15-17-25)28-20-31-32(27-13-7-6-12-26(27)28)35-30-19-23-9-5-4-8-22(23)18-29(30)34-31/h1-20H. The van der Waals surface area contributed by atoms with Crippen molar-refractivity contribution in [3.8, 4) is 34.1 Å². The second-order valence-corrected chi connectivity index (χ2v) is 10.2. The van der Waals surface area contributed by atoms with Gasteiger partial charge in [-0.3, -0.25) is 0 Å². The van der Waals surface area contributed by atoms with Gasteiger partial charge in [0.25, 0.3) is 0 Å². The molecule has 172 valence electrons. The van der Waals surface area contributed by atoms with E-state index in [2.05, 4.69) is 24.3 Å². The number of rotatable bonds is 3. The van der Waals surface area contributed by atoms with Gasteiger partial charge < -0.3 is 14.0 Å². The Morgan fingerprint density at radius 1 is 0.500 bits per heavy atom. The molecule has 0 aliphatic carbocycles. The van der Waals surface area contributed by atoms with E-state index in [9.17, 15) is 4.55 Å².